The molecule has 1 heterocycles. The molecule has 0 aromatic heterocycles. The summed E-state index contributed by atoms with van der Waals surface area (Å²) in [6, 6.07) is 5.70. The first-order valence-electron chi connectivity index (χ1n) is 8.23. The summed E-state index contributed by atoms with van der Waals surface area (Å²) in [5, 5.41) is 0. The van der Waals surface area contributed by atoms with E-state index in [2.05, 4.69) is 0 Å². The van der Waals surface area contributed by atoms with Gasteiger partial charge in [-0.3, -0.25) is 9.59 Å². The number of hydrogen-bond donors (Lipinski definition) is 0. The van der Waals surface area contributed by atoms with Crippen molar-refractivity contribution in [3.63, 3.8) is 0 Å². The molecule has 1 saturated heterocycles. The Kier molecular flexibility index (Phi) is 5.25. The van der Waals surface area contributed by atoms with Gasteiger partial charge < -0.3 is 9.64 Å². The molecule has 126 valence electrons. The molecule has 4 nitrogen and oxygen atoms in total. The van der Waals surface area contributed by atoms with Crippen LogP contribution in [0.25, 0.3) is 0 Å². The highest BCUT2D eigenvalue weighted by atomic mass is 16.5. The minimum atomic E-state index is -0.312. The molecule has 1 unspecified atom stereocenters. The molecule has 1 aliphatic heterocycles. The normalized spacial score (nSPS) is 20.4. The van der Waals surface area contributed by atoms with Crippen LogP contribution in [0.1, 0.15) is 55.1 Å². The van der Waals surface area contributed by atoms with E-state index in [0.29, 0.717) is 18.7 Å². The topological polar surface area (TPSA) is 46.6 Å². The summed E-state index contributed by atoms with van der Waals surface area (Å²) in [5.41, 5.74) is 2.65. The second kappa shape index (κ2) is 6.83. The number of rotatable bonds is 4. The molecule has 1 fully saturated rings. The Morgan fingerprint density at radius 1 is 1.22 bits per heavy atom. The Labute approximate surface area is 138 Å². The van der Waals surface area contributed by atoms with Crippen molar-refractivity contribution in [2.75, 3.05) is 13.2 Å². The number of ketones is 1. The van der Waals surface area contributed by atoms with E-state index in [4.69, 9.17) is 4.74 Å². The van der Waals surface area contributed by atoms with Crippen LogP contribution >= 0.6 is 0 Å². The molecular weight excluding hydrogens is 290 g/mol. The highest BCUT2D eigenvalue weighted by Crippen LogP contribution is 2.23. The SMILES string of the molecule is Cc1ccc(C(=O)CCC(=O)N2CC(C)OCC2(C)C)cc1C. The van der Waals surface area contributed by atoms with Gasteiger partial charge in [-0.1, -0.05) is 12.1 Å². The first kappa shape index (κ1) is 17.7. The number of carbonyl (C=O) groups is 2. The van der Waals surface area contributed by atoms with Crippen LogP contribution in [0.3, 0.4) is 0 Å². The molecule has 1 aromatic carbocycles. The van der Waals surface area contributed by atoms with Gasteiger partial charge in [-0.25, -0.2) is 0 Å². The van der Waals surface area contributed by atoms with Crippen molar-refractivity contribution >= 4 is 11.7 Å². The van der Waals surface area contributed by atoms with Gasteiger partial charge in [0.1, 0.15) is 0 Å². The van der Waals surface area contributed by atoms with Crippen molar-refractivity contribution in [1.29, 1.82) is 0 Å². The fraction of sp³-hybridized carbons (Fsp3) is 0.579. The molecule has 1 atom stereocenters. The van der Waals surface area contributed by atoms with Gasteiger partial charge in [0, 0.05) is 24.9 Å². The number of nitrogens with zero attached hydrogens (tertiary/aromatic N) is 1. The predicted molar refractivity (Wildman–Crippen MR) is 90.7 cm³/mol. The Bertz CT molecular complexity index is 607. The van der Waals surface area contributed by atoms with Crippen LogP contribution in [-0.2, 0) is 9.53 Å². The van der Waals surface area contributed by atoms with E-state index < -0.39 is 0 Å². The van der Waals surface area contributed by atoms with E-state index in [1.54, 1.807) is 0 Å². The number of Topliss-reactive ketones (excluding diaryl/α,β-unsaturated/α-hetero) is 1. The maximum Gasteiger partial charge on any atom is 0.223 e. The number of morpholine rings is 1. The third-order valence-corrected chi connectivity index (χ3v) is 4.59. The average molecular weight is 317 g/mol. The summed E-state index contributed by atoms with van der Waals surface area (Å²) < 4.78 is 5.63. The first-order chi connectivity index (χ1) is 10.7. The molecule has 0 bridgehead atoms. The second-order valence-electron chi connectivity index (χ2n) is 7.16. The zero-order valence-corrected chi connectivity index (χ0v) is 14.8. The summed E-state index contributed by atoms with van der Waals surface area (Å²) in [4.78, 5) is 26.7. The molecule has 4 heteroatoms. The Morgan fingerprint density at radius 3 is 2.57 bits per heavy atom. The van der Waals surface area contributed by atoms with Crippen molar-refractivity contribution in [1.82, 2.24) is 4.90 Å². The monoisotopic (exact) mass is 317 g/mol. The maximum atomic E-state index is 12.5. The maximum absolute atomic E-state index is 12.5. The molecular formula is C19H27NO3. The van der Waals surface area contributed by atoms with E-state index in [1.807, 2.05) is 57.7 Å². The van der Waals surface area contributed by atoms with Crippen molar-refractivity contribution in [2.24, 2.45) is 0 Å². The Hall–Kier alpha value is -1.68. The first-order valence-corrected chi connectivity index (χ1v) is 8.23. The van der Waals surface area contributed by atoms with Crippen molar-refractivity contribution < 1.29 is 14.3 Å². The number of carbonyl (C=O) groups excluding carboxylic acids is 2. The van der Waals surface area contributed by atoms with Gasteiger partial charge in [0.25, 0.3) is 0 Å². The van der Waals surface area contributed by atoms with Gasteiger partial charge in [0.15, 0.2) is 5.78 Å². The van der Waals surface area contributed by atoms with E-state index in [9.17, 15) is 9.59 Å². The molecule has 1 aromatic rings. The van der Waals surface area contributed by atoms with E-state index >= 15 is 0 Å². The summed E-state index contributed by atoms with van der Waals surface area (Å²) in [5.74, 6) is 0.0582. The van der Waals surface area contributed by atoms with Crippen molar-refractivity contribution in [2.45, 2.75) is 59.1 Å². The molecule has 23 heavy (non-hydrogen) atoms. The van der Waals surface area contributed by atoms with E-state index in [-0.39, 0.29) is 36.2 Å². The minimum Gasteiger partial charge on any atom is -0.374 e. The number of amides is 1. The Morgan fingerprint density at radius 2 is 1.91 bits per heavy atom. The highest BCUT2D eigenvalue weighted by molar-refractivity contribution is 5.98. The molecule has 1 aliphatic rings. The molecule has 0 radical (unpaired) electrons. The zero-order valence-electron chi connectivity index (χ0n) is 14.8. The number of benzene rings is 1. The smallest absolute Gasteiger partial charge is 0.223 e. The zero-order chi connectivity index (χ0) is 17.2. The summed E-state index contributed by atoms with van der Waals surface area (Å²) in [6.07, 6.45) is 0.549. The van der Waals surface area contributed by atoms with Crippen LogP contribution in [0.2, 0.25) is 0 Å². The van der Waals surface area contributed by atoms with E-state index in [0.717, 1.165) is 5.56 Å². The van der Waals surface area contributed by atoms with Crippen LogP contribution in [0.5, 0.6) is 0 Å². The lowest BCUT2D eigenvalue weighted by molar-refractivity contribution is -0.152. The molecule has 0 N–H and O–H groups in total. The van der Waals surface area contributed by atoms with Gasteiger partial charge in [0.2, 0.25) is 5.91 Å². The average Bonchev–Trinajstić information content (AvgIpc) is 2.49. The summed E-state index contributed by atoms with van der Waals surface area (Å²) in [7, 11) is 0. The quantitative estimate of drug-likeness (QED) is 0.801. The van der Waals surface area contributed by atoms with Crippen LogP contribution in [0.15, 0.2) is 18.2 Å². The lowest BCUT2D eigenvalue weighted by atomic mass is 9.98. The molecule has 1 amide bonds. The minimum absolute atomic E-state index is 0.0283. The third kappa shape index (κ3) is 4.20. The van der Waals surface area contributed by atoms with E-state index in [1.165, 1.54) is 5.56 Å². The fourth-order valence-corrected chi connectivity index (χ4v) is 2.84. The van der Waals surface area contributed by atoms with Crippen molar-refractivity contribution in [3.8, 4) is 0 Å². The van der Waals surface area contributed by atoms with Crippen LogP contribution in [0, 0.1) is 13.8 Å². The Balaban J connectivity index is 1.97. The lowest BCUT2D eigenvalue weighted by Crippen LogP contribution is -2.57. The predicted octanol–water partition coefficient (Wildman–Crippen LogP) is 3.29. The van der Waals surface area contributed by atoms with Crippen LogP contribution in [0.4, 0.5) is 0 Å². The van der Waals surface area contributed by atoms with Crippen LogP contribution < -0.4 is 0 Å². The largest absolute Gasteiger partial charge is 0.374 e. The number of aryl methyl sites for hydroxylation is 2. The molecule has 0 aliphatic carbocycles. The summed E-state index contributed by atoms with van der Waals surface area (Å²) >= 11 is 0. The highest BCUT2D eigenvalue weighted by Gasteiger charge is 2.36. The van der Waals surface area contributed by atoms with Gasteiger partial charge in [-0.05, 0) is 51.8 Å². The van der Waals surface area contributed by atoms with Gasteiger partial charge in [0.05, 0.1) is 18.2 Å². The van der Waals surface area contributed by atoms with Gasteiger partial charge in [-0.15, -0.1) is 0 Å². The molecule has 2 rings (SSSR count). The summed E-state index contributed by atoms with van der Waals surface area (Å²) in [6.45, 7) is 11.1. The number of hydrogen-bond acceptors (Lipinski definition) is 3. The molecule has 0 spiro atoms. The van der Waals surface area contributed by atoms with Gasteiger partial charge >= 0.3 is 0 Å². The third-order valence-electron chi connectivity index (χ3n) is 4.59. The van der Waals surface area contributed by atoms with Gasteiger partial charge in [-0.2, -0.15) is 0 Å². The van der Waals surface area contributed by atoms with Crippen LogP contribution in [-0.4, -0.2) is 41.4 Å². The number of ether oxygens (including phenoxy) is 1. The molecule has 0 saturated carbocycles. The lowest BCUT2D eigenvalue weighted by Gasteiger charge is -2.44. The standard InChI is InChI=1S/C19H27NO3/c1-13-6-7-16(10-14(13)2)17(21)8-9-18(22)20-11-15(3)23-12-19(20,4)5/h6-7,10,15H,8-9,11-12H2,1-5H3. The second-order valence-corrected chi connectivity index (χ2v) is 7.16. The fourth-order valence-electron chi connectivity index (χ4n) is 2.84. The van der Waals surface area contributed by atoms with Crippen molar-refractivity contribution in [3.05, 3.63) is 34.9 Å².